The molecule has 0 saturated carbocycles. The van der Waals surface area contributed by atoms with Crippen LogP contribution in [0.1, 0.15) is 12.8 Å². The lowest BCUT2D eigenvalue weighted by atomic mass is 9.94. The van der Waals surface area contributed by atoms with Crippen LogP contribution < -0.4 is 5.32 Å². The SMILES string of the molecule is O=S(=O)(c1ccc(Br)cc1Cl)N1CCCC2CNCC21. The zero-order valence-electron chi connectivity index (χ0n) is 10.9. The molecule has 0 spiro atoms. The van der Waals surface area contributed by atoms with Gasteiger partial charge in [-0.15, -0.1) is 0 Å². The largest absolute Gasteiger partial charge is 0.315 e. The molecule has 2 heterocycles. The van der Waals surface area contributed by atoms with Crippen LogP contribution >= 0.6 is 27.5 Å². The molecule has 7 heteroatoms. The highest BCUT2D eigenvalue weighted by Crippen LogP contribution is 2.34. The molecule has 2 fully saturated rings. The van der Waals surface area contributed by atoms with E-state index in [1.54, 1.807) is 22.5 Å². The number of fused-ring (bicyclic) bond motifs is 1. The Hall–Kier alpha value is -0.140. The van der Waals surface area contributed by atoms with Crippen LogP contribution in [0, 0.1) is 5.92 Å². The monoisotopic (exact) mass is 378 g/mol. The van der Waals surface area contributed by atoms with Crippen LogP contribution in [0.2, 0.25) is 5.02 Å². The van der Waals surface area contributed by atoms with Gasteiger partial charge in [0.05, 0.1) is 5.02 Å². The maximum Gasteiger partial charge on any atom is 0.244 e. The highest BCUT2D eigenvalue weighted by Gasteiger charge is 2.41. The molecule has 1 aromatic rings. The molecule has 2 aliphatic heterocycles. The molecule has 0 amide bonds. The molecule has 0 radical (unpaired) electrons. The smallest absolute Gasteiger partial charge is 0.244 e. The number of rotatable bonds is 2. The van der Waals surface area contributed by atoms with Crippen molar-refractivity contribution < 1.29 is 8.42 Å². The Morgan fingerprint density at radius 1 is 1.35 bits per heavy atom. The third kappa shape index (κ3) is 2.52. The number of hydrogen-bond acceptors (Lipinski definition) is 3. The van der Waals surface area contributed by atoms with Gasteiger partial charge in [-0.2, -0.15) is 4.31 Å². The normalized spacial score (nSPS) is 27.5. The summed E-state index contributed by atoms with van der Waals surface area (Å²) < 4.78 is 28.1. The van der Waals surface area contributed by atoms with Crippen molar-refractivity contribution >= 4 is 37.6 Å². The first-order valence-corrected chi connectivity index (χ1v) is 9.29. The van der Waals surface area contributed by atoms with Gasteiger partial charge in [0.1, 0.15) is 4.90 Å². The molecule has 1 aromatic carbocycles. The van der Waals surface area contributed by atoms with E-state index >= 15 is 0 Å². The van der Waals surface area contributed by atoms with E-state index in [1.165, 1.54) is 0 Å². The van der Waals surface area contributed by atoms with Crippen LogP contribution in [0.5, 0.6) is 0 Å². The molecule has 110 valence electrons. The molecule has 2 unspecified atom stereocenters. The van der Waals surface area contributed by atoms with E-state index in [0.717, 1.165) is 30.4 Å². The number of nitrogens with zero attached hydrogens (tertiary/aromatic N) is 1. The average molecular weight is 380 g/mol. The summed E-state index contributed by atoms with van der Waals surface area (Å²) in [5, 5.41) is 3.57. The summed E-state index contributed by atoms with van der Waals surface area (Å²) in [4.78, 5) is 0.204. The highest BCUT2D eigenvalue weighted by molar-refractivity contribution is 9.10. The van der Waals surface area contributed by atoms with E-state index < -0.39 is 10.0 Å². The lowest BCUT2D eigenvalue weighted by Gasteiger charge is -2.36. The van der Waals surface area contributed by atoms with E-state index in [4.69, 9.17) is 11.6 Å². The standard InChI is InChI=1S/C13H16BrClN2O2S/c14-10-3-4-13(11(15)6-10)20(18,19)17-5-1-2-9-7-16-8-12(9)17/h3-4,6,9,12,16H,1-2,5,7-8H2. The minimum absolute atomic E-state index is 0.0634. The van der Waals surface area contributed by atoms with Gasteiger partial charge in [-0.1, -0.05) is 27.5 Å². The van der Waals surface area contributed by atoms with E-state index in [2.05, 4.69) is 21.2 Å². The number of hydrogen-bond donors (Lipinski definition) is 1. The number of sulfonamides is 1. The Morgan fingerprint density at radius 2 is 2.15 bits per heavy atom. The molecular weight excluding hydrogens is 364 g/mol. The lowest BCUT2D eigenvalue weighted by Crippen LogP contribution is -2.48. The molecule has 0 aromatic heterocycles. The summed E-state index contributed by atoms with van der Waals surface area (Å²) in [6.45, 7) is 2.22. The summed E-state index contributed by atoms with van der Waals surface area (Å²) in [5.41, 5.74) is 0. The van der Waals surface area contributed by atoms with Crippen molar-refractivity contribution in [3.63, 3.8) is 0 Å². The van der Waals surface area contributed by atoms with Gasteiger partial charge in [0.15, 0.2) is 0 Å². The summed E-state index contributed by atoms with van der Waals surface area (Å²) in [6, 6.07) is 4.98. The molecule has 0 bridgehead atoms. The van der Waals surface area contributed by atoms with Crippen molar-refractivity contribution in [1.29, 1.82) is 0 Å². The zero-order chi connectivity index (χ0) is 14.3. The predicted molar refractivity (Wildman–Crippen MR) is 82.4 cm³/mol. The van der Waals surface area contributed by atoms with Crippen LogP contribution in [0.4, 0.5) is 0 Å². The topological polar surface area (TPSA) is 49.4 Å². The van der Waals surface area contributed by atoms with Gasteiger partial charge in [0, 0.05) is 23.6 Å². The van der Waals surface area contributed by atoms with Gasteiger partial charge >= 0.3 is 0 Å². The third-order valence-electron chi connectivity index (χ3n) is 4.11. The molecule has 1 N–H and O–H groups in total. The van der Waals surface area contributed by atoms with Crippen molar-refractivity contribution in [2.24, 2.45) is 5.92 Å². The lowest BCUT2D eigenvalue weighted by molar-refractivity contribution is 0.217. The fourth-order valence-electron chi connectivity index (χ4n) is 3.14. The Morgan fingerprint density at radius 3 is 2.90 bits per heavy atom. The number of nitrogens with one attached hydrogen (secondary N) is 1. The van der Waals surface area contributed by atoms with E-state index in [0.29, 0.717) is 12.5 Å². The van der Waals surface area contributed by atoms with Gasteiger partial charge in [0.25, 0.3) is 0 Å². The second-order valence-electron chi connectivity index (χ2n) is 5.32. The second-order valence-corrected chi connectivity index (χ2v) is 8.50. The summed E-state index contributed by atoms with van der Waals surface area (Å²) in [7, 11) is -3.52. The van der Waals surface area contributed by atoms with Crippen molar-refractivity contribution in [3.05, 3.63) is 27.7 Å². The summed E-state index contributed by atoms with van der Waals surface area (Å²) in [6.07, 6.45) is 2.01. The Labute approximate surface area is 132 Å². The van der Waals surface area contributed by atoms with Gasteiger partial charge in [-0.25, -0.2) is 8.42 Å². The van der Waals surface area contributed by atoms with Crippen molar-refractivity contribution in [1.82, 2.24) is 9.62 Å². The molecule has 3 rings (SSSR count). The molecule has 20 heavy (non-hydrogen) atoms. The van der Waals surface area contributed by atoms with Crippen molar-refractivity contribution in [2.45, 2.75) is 23.8 Å². The first kappa shape index (κ1) is 14.8. The Bertz CT molecular complexity index is 623. The highest BCUT2D eigenvalue weighted by atomic mass is 79.9. The molecule has 2 aliphatic rings. The van der Waals surface area contributed by atoms with Crippen LogP contribution in [0.3, 0.4) is 0 Å². The molecular formula is C13H16BrClN2O2S. The molecule has 2 atom stereocenters. The second kappa shape index (κ2) is 5.57. The number of piperidine rings is 1. The van der Waals surface area contributed by atoms with Crippen LogP contribution in [-0.2, 0) is 10.0 Å². The van der Waals surface area contributed by atoms with E-state index in [9.17, 15) is 8.42 Å². The van der Waals surface area contributed by atoms with Crippen molar-refractivity contribution in [3.8, 4) is 0 Å². The minimum Gasteiger partial charge on any atom is -0.315 e. The van der Waals surface area contributed by atoms with Gasteiger partial charge < -0.3 is 5.32 Å². The first-order chi connectivity index (χ1) is 9.50. The van der Waals surface area contributed by atoms with Gasteiger partial charge in [-0.3, -0.25) is 0 Å². The number of halogens is 2. The maximum absolute atomic E-state index is 12.9. The fourth-order valence-corrected chi connectivity index (χ4v) is 5.87. The summed E-state index contributed by atoms with van der Waals surface area (Å²) >= 11 is 9.43. The Kier molecular flexibility index (Phi) is 4.12. The molecule has 2 saturated heterocycles. The van der Waals surface area contributed by atoms with Gasteiger partial charge in [0.2, 0.25) is 10.0 Å². The van der Waals surface area contributed by atoms with Gasteiger partial charge in [-0.05, 0) is 43.5 Å². The Balaban J connectivity index is 1.98. The van der Waals surface area contributed by atoms with Crippen LogP contribution in [0.15, 0.2) is 27.6 Å². The van der Waals surface area contributed by atoms with E-state index in [1.807, 2.05) is 0 Å². The maximum atomic E-state index is 12.9. The predicted octanol–water partition coefficient (Wildman–Crippen LogP) is 2.48. The average Bonchev–Trinajstić information content (AvgIpc) is 2.85. The first-order valence-electron chi connectivity index (χ1n) is 6.68. The van der Waals surface area contributed by atoms with Crippen molar-refractivity contribution in [2.75, 3.05) is 19.6 Å². The zero-order valence-corrected chi connectivity index (χ0v) is 14.0. The fraction of sp³-hybridized carbons (Fsp3) is 0.538. The quantitative estimate of drug-likeness (QED) is 0.859. The molecule has 4 nitrogen and oxygen atoms in total. The number of benzene rings is 1. The minimum atomic E-state index is -3.52. The van der Waals surface area contributed by atoms with Crippen LogP contribution in [0.25, 0.3) is 0 Å². The van der Waals surface area contributed by atoms with E-state index in [-0.39, 0.29) is 16.0 Å². The molecule has 0 aliphatic carbocycles. The summed E-state index contributed by atoms with van der Waals surface area (Å²) in [5.74, 6) is 0.424. The third-order valence-corrected chi connectivity index (χ3v) is 7.01. The van der Waals surface area contributed by atoms with Crippen LogP contribution in [-0.4, -0.2) is 38.4 Å².